The van der Waals surface area contributed by atoms with Gasteiger partial charge in [0.25, 0.3) is 0 Å². The molecule has 2 aliphatic rings. The van der Waals surface area contributed by atoms with Gasteiger partial charge in [-0.1, -0.05) is 44.4 Å². The van der Waals surface area contributed by atoms with Crippen molar-refractivity contribution in [1.29, 1.82) is 0 Å². The quantitative estimate of drug-likeness (QED) is 0.253. The van der Waals surface area contributed by atoms with E-state index in [1.807, 2.05) is 0 Å². The van der Waals surface area contributed by atoms with Crippen LogP contribution in [-0.4, -0.2) is 64.8 Å². The summed E-state index contributed by atoms with van der Waals surface area (Å²) < 4.78 is 44.5. The minimum absolute atomic E-state index is 0.186. The summed E-state index contributed by atoms with van der Waals surface area (Å²) in [6.45, 7) is 9.08. The van der Waals surface area contributed by atoms with Crippen LogP contribution < -0.4 is 10.5 Å². The van der Waals surface area contributed by atoms with Gasteiger partial charge in [-0.05, 0) is 67.6 Å². The van der Waals surface area contributed by atoms with Gasteiger partial charge in [-0.3, -0.25) is 9.69 Å². The molecule has 1 saturated carbocycles. The number of aromatic nitrogens is 1. The van der Waals surface area contributed by atoms with Crippen LogP contribution in [0.2, 0.25) is 0 Å². The zero-order valence-corrected chi connectivity index (χ0v) is 24.6. The van der Waals surface area contributed by atoms with Crippen molar-refractivity contribution >= 4 is 16.7 Å². The monoisotopic (exact) mass is 584 g/mol. The van der Waals surface area contributed by atoms with Crippen molar-refractivity contribution in [1.82, 2.24) is 14.4 Å². The summed E-state index contributed by atoms with van der Waals surface area (Å²) in [5.41, 5.74) is 9.90. The number of Topliss-reactive ketones (excluding diaryl/α,β-unsaturated/α-hetero) is 1. The zero-order chi connectivity index (χ0) is 29.7. The number of aryl methyl sites for hydroxylation is 1. The second kappa shape index (κ2) is 13.2. The summed E-state index contributed by atoms with van der Waals surface area (Å²) in [6, 6.07) is 12.6. The number of hydrogen-bond donors (Lipinski definition) is 1. The third-order valence-electron chi connectivity index (χ3n) is 9.02. The van der Waals surface area contributed by atoms with E-state index in [-0.39, 0.29) is 11.5 Å². The van der Waals surface area contributed by atoms with E-state index in [0.717, 1.165) is 113 Å². The Kier molecular flexibility index (Phi) is 9.60. The maximum atomic E-state index is 12.9. The van der Waals surface area contributed by atoms with Gasteiger partial charge in [0.2, 0.25) is 0 Å². The molecule has 2 fully saturated rings. The molecule has 6 nitrogen and oxygen atoms in total. The fourth-order valence-corrected chi connectivity index (χ4v) is 6.49. The van der Waals surface area contributed by atoms with Crippen LogP contribution in [0.5, 0.6) is 5.75 Å². The molecule has 0 radical (unpaired) electrons. The number of halogens is 3. The van der Waals surface area contributed by atoms with E-state index in [2.05, 4.69) is 50.4 Å². The highest BCUT2D eigenvalue weighted by Gasteiger charge is 2.34. The Bertz CT molecular complexity index is 1340. The van der Waals surface area contributed by atoms with Crippen LogP contribution in [0, 0.1) is 0 Å². The SMILES string of the molecule is CCN1CCN(Cc2ccc3c(c2)c(-c2ccc(OC(F)(F)F)cc2)cn3CCCCC(=O)C2(N)CCCCC2)CC1. The highest BCUT2D eigenvalue weighted by Crippen LogP contribution is 2.34. The highest BCUT2D eigenvalue weighted by molar-refractivity contribution is 5.96. The normalized spacial score (nSPS) is 18.4. The van der Waals surface area contributed by atoms with E-state index in [1.165, 1.54) is 17.7 Å². The van der Waals surface area contributed by atoms with Crippen LogP contribution in [0.25, 0.3) is 22.0 Å². The molecule has 0 bridgehead atoms. The van der Waals surface area contributed by atoms with Gasteiger partial charge in [0.05, 0.1) is 5.54 Å². The Hall–Kier alpha value is -2.88. The number of ether oxygens (including phenoxy) is 1. The topological polar surface area (TPSA) is 63.7 Å². The van der Waals surface area contributed by atoms with Gasteiger partial charge in [0, 0.05) is 68.4 Å². The van der Waals surface area contributed by atoms with Crippen molar-refractivity contribution in [2.45, 2.75) is 83.3 Å². The van der Waals surface area contributed by atoms with Crippen molar-refractivity contribution < 1.29 is 22.7 Å². The second-order valence-electron chi connectivity index (χ2n) is 12.0. The molecular weight excluding hydrogens is 541 g/mol. The fourth-order valence-electron chi connectivity index (χ4n) is 6.49. The van der Waals surface area contributed by atoms with Crippen molar-refractivity contribution in [3.8, 4) is 16.9 Å². The summed E-state index contributed by atoms with van der Waals surface area (Å²) in [6.07, 6.45) is 4.27. The lowest BCUT2D eigenvalue weighted by Crippen LogP contribution is -2.49. The lowest BCUT2D eigenvalue weighted by molar-refractivity contribution is -0.274. The van der Waals surface area contributed by atoms with E-state index in [4.69, 9.17) is 5.73 Å². The van der Waals surface area contributed by atoms with Gasteiger partial charge in [0.15, 0.2) is 5.78 Å². The number of carbonyl (C=O) groups excluding carboxylic acids is 1. The molecule has 1 aromatic heterocycles. The van der Waals surface area contributed by atoms with Crippen LogP contribution in [0.4, 0.5) is 13.2 Å². The van der Waals surface area contributed by atoms with E-state index in [9.17, 15) is 18.0 Å². The third-order valence-corrected chi connectivity index (χ3v) is 9.02. The minimum Gasteiger partial charge on any atom is -0.406 e. The molecule has 9 heteroatoms. The van der Waals surface area contributed by atoms with E-state index in [0.29, 0.717) is 6.42 Å². The fraction of sp³-hybridized carbons (Fsp3) is 0.545. The predicted octanol–water partition coefficient (Wildman–Crippen LogP) is 6.75. The van der Waals surface area contributed by atoms with Gasteiger partial charge >= 0.3 is 6.36 Å². The van der Waals surface area contributed by atoms with Crippen molar-refractivity contribution in [3.63, 3.8) is 0 Å². The number of nitrogens with two attached hydrogens (primary N) is 1. The molecule has 2 heterocycles. The first kappa shape index (κ1) is 30.6. The number of unbranched alkanes of at least 4 members (excludes halogenated alkanes) is 1. The molecule has 0 atom stereocenters. The molecular formula is C33H43F3N4O2. The Labute approximate surface area is 246 Å². The number of alkyl halides is 3. The van der Waals surface area contributed by atoms with Crippen LogP contribution >= 0.6 is 0 Å². The summed E-state index contributed by atoms with van der Waals surface area (Å²) in [7, 11) is 0. The van der Waals surface area contributed by atoms with E-state index >= 15 is 0 Å². The molecule has 0 spiro atoms. The highest BCUT2D eigenvalue weighted by atomic mass is 19.4. The van der Waals surface area contributed by atoms with Crippen molar-refractivity contribution in [2.75, 3.05) is 32.7 Å². The van der Waals surface area contributed by atoms with Gasteiger partial charge in [0.1, 0.15) is 5.75 Å². The van der Waals surface area contributed by atoms with Gasteiger partial charge in [-0.25, -0.2) is 0 Å². The molecule has 3 aromatic rings. The lowest BCUT2D eigenvalue weighted by atomic mass is 9.78. The summed E-state index contributed by atoms with van der Waals surface area (Å²) in [5.74, 6) is -0.0481. The number of carbonyl (C=O) groups is 1. The molecule has 228 valence electrons. The summed E-state index contributed by atoms with van der Waals surface area (Å²) >= 11 is 0. The number of benzene rings is 2. The summed E-state index contributed by atoms with van der Waals surface area (Å²) in [5, 5.41) is 1.07. The largest absolute Gasteiger partial charge is 0.573 e. The molecule has 1 saturated heterocycles. The number of piperazine rings is 1. The molecule has 5 rings (SSSR count). The first-order valence-electron chi connectivity index (χ1n) is 15.4. The van der Waals surface area contributed by atoms with Gasteiger partial charge in [-0.15, -0.1) is 13.2 Å². The van der Waals surface area contributed by atoms with Crippen LogP contribution in [0.15, 0.2) is 48.7 Å². The smallest absolute Gasteiger partial charge is 0.406 e. The first-order chi connectivity index (χ1) is 20.1. The van der Waals surface area contributed by atoms with Gasteiger partial charge in [-0.2, -0.15) is 0 Å². The predicted molar refractivity (Wildman–Crippen MR) is 160 cm³/mol. The Morgan fingerprint density at radius 1 is 0.952 bits per heavy atom. The molecule has 1 aliphatic heterocycles. The maximum Gasteiger partial charge on any atom is 0.573 e. The molecule has 1 aliphatic carbocycles. The standard InChI is InChI=1S/C33H43F3N4O2/c1-2-38-18-20-39(21-19-38)23-25-9-14-30-28(22-25)29(26-10-12-27(13-11-26)42-33(34,35)36)24-40(30)17-7-4-8-31(41)32(37)15-5-3-6-16-32/h9-14,22,24H,2-8,15-21,23,37H2,1H3. The van der Waals surface area contributed by atoms with E-state index < -0.39 is 11.9 Å². The third kappa shape index (κ3) is 7.54. The molecule has 0 unspecified atom stereocenters. The van der Waals surface area contributed by atoms with Crippen molar-refractivity contribution in [2.24, 2.45) is 5.73 Å². The van der Waals surface area contributed by atoms with Gasteiger partial charge < -0.3 is 19.9 Å². The number of likely N-dealkylation sites (N-methyl/N-ethyl adjacent to an activating group) is 1. The number of fused-ring (bicyclic) bond motifs is 1. The zero-order valence-electron chi connectivity index (χ0n) is 24.6. The Morgan fingerprint density at radius 3 is 2.31 bits per heavy atom. The van der Waals surface area contributed by atoms with Crippen LogP contribution in [0.1, 0.15) is 63.9 Å². The first-order valence-corrected chi connectivity index (χ1v) is 15.4. The number of ketones is 1. The van der Waals surface area contributed by atoms with Crippen LogP contribution in [0.3, 0.4) is 0 Å². The average Bonchev–Trinajstić information content (AvgIpc) is 3.33. The molecule has 42 heavy (non-hydrogen) atoms. The minimum atomic E-state index is -4.73. The van der Waals surface area contributed by atoms with Crippen molar-refractivity contribution in [3.05, 3.63) is 54.2 Å². The maximum absolute atomic E-state index is 12.9. The second-order valence-corrected chi connectivity index (χ2v) is 12.0. The Morgan fingerprint density at radius 2 is 1.64 bits per heavy atom. The molecule has 2 aromatic carbocycles. The number of rotatable bonds is 11. The Balaban J connectivity index is 1.33. The van der Waals surface area contributed by atoms with Crippen LogP contribution in [-0.2, 0) is 17.9 Å². The molecule has 0 amide bonds. The average molecular weight is 585 g/mol. The summed E-state index contributed by atoms with van der Waals surface area (Å²) in [4.78, 5) is 17.8. The van der Waals surface area contributed by atoms with E-state index in [1.54, 1.807) is 12.1 Å². The number of hydrogen-bond acceptors (Lipinski definition) is 5. The molecule has 2 N–H and O–H groups in total. The number of nitrogens with zero attached hydrogens (tertiary/aromatic N) is 3. The lowest BCUT2D eigenvalue weighted by Gasteiger charge is -2.34.